The molecule has 0 amide bonds. The molecule has 126 valence electrons. The van der Waals surface area contributed by atoms with Crippen molar-refractivity contribution in [3.63, 3.8) is 0 Å². The SMILES string of the molecule is COc1ccc(C=Cc2nc(C(O)[C@@H](N)C(C)C)no2)cc1.Cl. The number of hydrogen-bond donors (Lipinski definition) is 2. The van der Waals surface area contributed by atoms with Crippen LogP contribution in [0.2, 0.25) is 0 Å². The summed E-state index contributed by atoms with van der Waals surface area (Å²) in [6.07, 6.45) is 2.59. The molecule has 0 bridgehead atoms. The first kappa shape index (κ1) is 19.2. The van der Waals surface area contributed by atoms with E-state index in [9.17, 15) is 5.11 Å². The molecule has 0 saturated heterocycles. The van der Waals surface area contributed by atoms with Crippen molar-refractivity contribution in [2.24, 2.45) is 11.7 Å². The summed E-state index contributed by atoms with van der Waals surface area (Å²) in [7, 11) is 1.62. The number of benzene rings is 1. The molecule has 0 aliphatic rings. The summed E-state index contributed by atoms with van der Waals surface area (Å²) < 4.78 is 10.2. The Morgan fingerprint density at radius 2 is 1.87 bits per heavy atom. The van der Waals surface area contributed by atoms with Crippen molar-refractivity contribution in [1.29, 1.82) is 0 Å². The van der Waals surface area contributed by atoms with Crippen LogP contribution in [0.5, 0.6) is 5.75 Å². The van der Waals surface area contributed by atoms with Gasteiger partial charge in [0.15, 0.2) is 0 Å². The maximum atomic E-state index is 10.1. The van der Waals surface area contributed by atoms with Gasteiger partial charge >= 0.3 is 0 Å². The van der Waals surface area contributed by atoms with Crippen LogP contribution in [-0.4, -0.2) is 28.4 Å². The van der Waals surface area contributed by atoms with E-state index in [-0.39, 0.29) is 24.1 Å². The van der Waals surface area contributed by atoms with Crippen LogP contribution in [0.25, 0.3) is 12.2 Å². The highest BCUT2D eigenvalue weighted by atomic mass is 35.5. The van der Waals surface area contributed by atoms with Crippen LogP contribution in [0.1, 0.15) is 37.2 Å². The molecule has 0 saturated carbocycles. The second-order valence-electron chi connectivity index (χ2n) is 5.36. The molecule has 2 rings (SSSR count). The molecular weight excluding hydrogens is 318 g/mol. The minimum absolute atomic E-state index is 0. The normalized spacial score (nSPS) is 13.8. The summed E-state index contributed by atoms with van der Waals surface area (Å²) in [5.41, 5.74) is 6.86. The van der Waals surface area contributed by atoms with Crippen LogP contribution in [-0.2, 0) is 0 Å². The van der Waals surface area contributed by atoms with Gasteiger partial charge in [-0.15, -0.1) is 12.4 Å². The van der Waals surface area contributed by atoms with Gasteiger partial charge in [0, 0.05) is 12.1 Å². The number of hydrogen-bond acceptors (Lipinski definition) is 6. The van der Waals surface area contributed by atoms with E-state index in [1.54, 1.807) is 13.2 Å². The standard InChI is InChI=1S/C16H21N3O3.ClH/c1-10(2)14(17)15(20)16-18-13(22-19-16)9-6-11-4-7-12(21-3)8-5-11;/h4-10,14-15,20H,17H2,1-3H3;1H/t14-,15?;/m0./s1. The van der Waals surface area contributed by atoms with E-state index in [4.69, 9.17) is 15.0 Å². The number of aliphatic hydroxyl groups excluding tert-OH is 1. The fourth-order valence-corrected chi connectivity index (χ4v) is 1.85. The molecule has 1 aromatic carbocycles. The Hall–Kier alpha value is -1.89. The van der Waals surface area contributed by atoms with Crippen LogP contribution in [0, 0.1) is 5.92 Å². The summed E-state index contributed by atoms with van der Waals surface area (Å²) in [5.74, 6) is 1.44. The van der Waals surface area contributed by atoms with E-state index in [1.807, 2.05) is 44.2 Å². The molecule has 0 radical (unpaired) electrons. The third-order valence-corrected chi connectivity index (χ3v) is 3.39. The Kier molecular flexibility index (Phi) is 7.22. The highest BCUT2D eigenvalue weighted by Gasteiger charge is 2.24. The largest absolute Gasteiger partial charge is 0.497 e. The highest BCUT2D eigenvalue weighted by molar-refractivity contribution is 5.85. The molecule has 1 unspecified atom stereocenters. The van der Waals surface area contributed by atoms with Crippen LogP contribution in [0.4, 0.5) is 0 Å². The van der Waals surface area contributed by atoms with Crippen LogP contribution in [0.3, 0.4) is 0 Å². The van der Waals surface area contributed by atoms with Gasteiger partial charge in [-0.1, -0.05) is 31.1 Å². The third-order valence-electron chi connectivity index (χ3n) is 3.39. The smallest absolute Gasteiger partial charge is 0.250 e. The monoisotopic (exact) mass is 339 g/mol. The molecule has 3 N–H and O–H groups in total. The van der Waals surface area contributed by atoms with E-state index in [0.29, 0.717) is 5.89 Å². The first-order valence-electron chi connectivity index (χ1n) is 7.10. The minimum atomic E-state index is -0.938. The second kappa shape index (κ2) is 8.67. The molecule has 1 heterocycles. The summed E-state index contributed by atoms with van der Waals surface area (Å²) in [6.45, 7) is 3.86. The lowest BCUT2D eigenvalue weighted by molar-refractivity contribution is 0.114. The first-order valence-corrected chi connectivity index (χ1v) is 7.10. The summed E-state index contributed by atoms with van der Waals surface area (Å²) in [6, 6.07) is 7.12. The number of nitrogens with two attached hydrogens (primary N) is 1. The lowest BCUT2D eigenvalue weighted by atomic mass is 9.99. The molecule has 23 heavy (non-hydrogen) atoms. The molecule has 0 fully saturated rings. The van der Waals surface area contributed by atoms with Gasteiger partial charge in [-0.25, -0.2) is 0 Å². The van der Waals surface area contributed by atoms with E-state index in [2.05, 4.69) is 10.1 Å². The third kappa shape index (κ3) is 5.06. The van der Waals surface area contributed by atoms with E-state index in [1.165, 1.54) is 0 Å². The lowest BCUT2D eigenvalue weighted by Crippen LogP contribution is -2.34. The van der Waals surface area contributed by atoms with E-state index < -0.39 is 12.1 Å². The van der Waals surface area contributed by atoms with Crippen molar-refractivity contribution in [3.05, 3.63) is 41.5 Å². The molecule has 7 heteroatoms. The van der Waals surface area contributed by atoms with Crippen molar-refractivity contribution >= 4 is 24.6 Å². The Bertz CT molecular complexity index is 626. The van der Waals surface area contributed by atoms with Gasteiger partial charge in [0.25, 0.3) is 5.89 Å². The Morgan fingerprint density at radius 1 is 1.22 bits per heavy atom. The summed E-state index contributed by atoms with van der Waals surface area (Å²) in [5, 5.41) is 13.8. The number of rotatable bonds is 6. The van der Waals surface area contributed by atoms with Crippen molar-refractivity contribution in [1.82, 2.24) is 10.1 Å². The summed E-state index contributed by atoms with van der Waals surface area (Å²) in [4.78, 5) is 4.14. The number of aromatic nitrogens is 2. The van der Waals surface area contributed by atoms with Crippen molar-refractivity contribution < 1.29 is 14.4 Å². The fourth-order valence-electron chi connectivity index (χ4n) is 1.85. The number of halogens is 1. The Morgan fingerprint density at radius 3 is 2.43 bits per heavy atom. The predicted octanol–water partition coefficient (Wildman–Crippen LogP) is 2.69. The molecule has 1 aromatic heterocycles. The molecule has 0 aliphatic carbocycles. The van der Waals surface area contributed by atoms with Crippen LogP contribution < -0.4 is 10.5 Å². The molecular formula is C16H22ClN3O3. The second-order valence-corrected chi connectivity index (χ2v) is 5.36. The molecule has 2 aromatic rings. The summed E-state index contributed by atoms with van der Waals surface area (Å²) >= 11 is 0. The Balaban J connectivity index is 0.00000264. The minimum Gasteiger partial charge on any atom is -0.497 e. The molecule has 6 nitrogen and oxygen atoms in total. The van der Waals surface area contributed by atoms with E-state index in [0.717, 1.165) is 11.3 Å². The van der Waals surface area contributed by atoms with Gasteiger partial charge in [0.2, 0.25) is 5.82 Å². The average molecular weight is 340 g/mol. The zero-order valence-corrected chi connectivity index (χ0v) is 14.2. The first-order chi connectivity index (χ1) is 10.5. The molecule has 0 aliphatic heterocycles. The molecule has 2 atom stereocenters. The number of nitrogens with zero attached hydrogens (tertiary/aromatic N) is 2. The van der Waals surface area contributed by atoms with Crippen LogP contribution in [0.15, 0.2) is 28.8 Å². The van der Waals surface area contributed by atoms with Gasteiger partial charge in [-0.3, -0.25) is 0 Å². The van der Waals surface area contributed by atoms with Gasteiger partial charge < -0.3 is 20.1 Å². The van der Waals surface area contributed by atoms with Crippen molar-refractivity contribution in [2.45, 2.75) is 26.0 Å². The molecule has 0 spiro atoms. The zero-order chi connectivity index (χ0) is 16.1. The van der Waals surface area contributed by atoms with Gasteiger partial charge in [-0.05, 0) is 29.7 Å². The van der Waals surface area contributed by atoms with Crippen molar-refractivity contribution in [2.75, 3.05) is 7.11 Å². The van der Waals surface area contributed by atoms with Crippen molar-refractivity contribution in [3.8, 4) is 5.75 Å². The quantitative estimate of drug-likeness (QED) is 0.840. The maximum absolute atomic E-state index is 10.1. The highest BCUT2D eigenvalue weighted by Crippen LogP contribution is 2.18. The lowest BCUT2D eigenvalue weighted by Gasteiger charge is -2.18. The zero-order valence-electron chi connectivity index (χ0n) is 13.3. The van der Waals surface area contributed by atoms with E-state index >= 15 is 0 Å². The fraction of sp³-hybridized carbons (Fsp3) is 0.375. The number of methoxy groups -OCH3 is 1. The Labute approximate surface area is 141 Å². The van der Waals surface area contributed by atoms with Crippen LogP contribution >= 0.6 is 12.4 Å². The van der Waals surface area contributed by atoms with Gasteiger partial charge in [-0.2, -0.15) is 4.98 Å². The topological polar surface area (TPSA) is 94.4 Å². The number of ether oxygens (including phenoxy) is 1. The van der Waals surface area contributed by atoms with Gasteiger partial charge in [0.1, 0.15) is 11.9 Å². The van der Waals surface area contributed by atoms with Gasteiger partial charge in [0.05, 0.1) is 7.11 Å². The average Bonchev–Trinajstić information content (AvgIpc) is 3.00. The number of aliphatic hydroxyl groups is 1. The predicted molar refractivity (Wildman–Crippen MR) is 91.2 cm³/mol. The maximum Gasteiger partial charge on any atom is 0.250 e.